The summed E-state index contributed by atoms with van der Waals surface area (Å²) in [6.07, 6.45) is 0.194. The quantitative estimate of drug-likeness (QED) is 0.351. The Morgan fingerprint density at radius 3 is 2.26 bits per heavy atom. The number of aryl methyl sites for hydroxylation is 1. The summed E-state index contributed by atoms with van der Waals surface area (Å²) in [4.78, 5) is 43.6. The number of carbonyl (C=O) groups is 1. The maximum atomic E-state index is 13.3. The summed E-state index contributed by atoms with van der Waals surface area (Å²) in [6.45, 7) is -0.138. The van der Waals surface area contributed by atoms with E-state index in [0.717, 1.165) is 10.1 Å². The SMILES string of the molecule is O=C(Cn1c(=O)n(CCc2nc(-c3ccccc3)no2)c(=O)c2ccccc21)c1ccccc1. The van der Waals surface area contributed by atoms with Crippen molar-refractivity contribution in [2.45, 2.75) is 19.5 Å². The number of benzene rings is 3. The molecule has 0 atom stereocenters. The summed E-state index contributed by atoms with van der Waals surface area (Å²) in [5.41, 5.74) is 0.738. The largest absolute Gasteiger partial charge is 0.339 e. The van der Waals surface area contributed by atoms with E-state index in [1.807, 2.05) is 36.4 Å². The van der Waals surface area contributed by atoms with Crippen LogP contribution in [-0.2, 0) is 19.5 Å². The Kier molecular flexibility index (Phi) is 5.70. The van der Waals surface area contributed by atoms with Gasteiger partial charge in [-0.3, -0.25) is 18.7 Å². The van der Waals surface area contributed by atoms with Crippen molar-refractivity contribution in [1.82, 2.24) is 19.3 Å². The molecule has 0 saturated carbocycles. The van der Waals surface area contributed by atoms with E-state index in [-0.39, 0.29) is 25.3 Å². The summed E-state index contributed by atoms with van der Waals surface area (Å²) in [5.74, 6) is 0.528. The van der Waals surface area contributed by atoms with Crippen molar-refractivity contribution in [3.8, 4) is 11.4 Å². The number of fused-ring (bicyclic) bond motifs is 1. The molecule has 3 aromatic carbocycles. The number of Topliss-reactive ketones (excluding diaryl/α,β-unsaturated/α-hetero) is 1. The first-order chi connectivity index (χ1) is 16.6. The first-order valence-electron chi connectivity index (χ1n) is 10.8. The normalized spacial score (nSPS) is 11.1. The van der Waals surface area contributed by atoms with E-state index in [9.17, 15) is 14.4 Å². The minimum atomic E-state index is -0.559. The molecule has 168 valence electrons. The highest BCUT2D eigenvalue weighted by atomic mass is 16.5. The van der Waals surface area contributed by atoms with Gasteiger partial charge in [0.05, 0.1) is 17.4 Å². The molecule has 2 heterocycles. The minimum absolute atomic E-state index is 0.0401. The van der Waals surface area contributed by atoms with Crippen molar-refractivity contribution in [2.75, 3.05) is 0 Å². The molecule has 0 bridgehead atoms. The van der Waals surface area contributed by atoms with E-state index in [1.165, 1.54) is 4.57 Å². The van der Waals surface area contributed by atoms with Gasteiger partial charge in [-0.2, -0.15) is 4.98 Å². The molecular formula is C26H20N4O4. The van der Waals surface area contributed by atoms with Gasteiger partial charge >= 0.3 is 5.69 Å². The lowest BCUT2D eigenvalue weighted by Crippen LogP contribution is -2.41. The van der Waals surface area contributed by atoms with E-state index in [4.69, 9.17) is 4.52 Å². The zero-order chi connectivity index (χ0) is 23.5. The molecule has 0 spiro atoms. The van der Waals surface area contributed by atoms with Crippen LogP contribution >= 0.6 is 0 Å². The Balaban J connectivity index is 1.48. The average molecular weight is 452 g/mol. The van der Waals surface area contributed by atoms with Gasteiger partial charge in [0, 0.05) is 24.1 Å². The fourth-order valence-corrected chi connectivity index (χ4v) is 3.85. The predicted molar refractivity (Wildman–Crippen MR) is 127 cm³/mol. The molecule has 0 radical (unpaired) electrons. The van der Waals surface area contributed by atoms with Gasteiger partial charge in [-0.05, 0) is 12.1 Å². The first-order valence-corrected chi connectivity index (χ1v) is 10.8. The number of hydrogen-bond acceptors (Lipinski definition) is 6. The average Bonchev–Trinajstić information content (AvgIpc) is 3.36. The van der Waals surface area contributed by atoms with Crippen LogP contribution in [-0.4, -0.2) is 25.1 Å². The second kappa shape index (κ2) is 9.11. The van der Waals surface area contributed by atoms with Crippen LogP contribution in [0.3, 0.4) is 0 Å². The van der Waals surface area contributed by atoms with Crippen LogP contribution in [0.25, 0.3) is 22.3 Å². The molecule has 5 rings (SSSR count). The number of ketones is 1. The molecule has 2 aromatic heterocycles. The van der Waals surface area contributed by atoms with Gasteiger partial charge in [-0.1, -0.05) is 78.0 Å². The topological polar surface area (TPSA) is 100.0 Å². The molecule has 0 unspecified atom stereocenters. The van der Waals surface area contributed by atoms with Crippen molar-refractivity contribution >= 4 is 16.7 Å². The first kappa shape index (κ1) is 21.3. The van der Waals surface area contributed by atoms with Gasteiger partial charge in [0.15, 0.2) is 5.78 Å². The second-order valence-electron chi connectivity index (χ2n) is 7.76. The molecule has 34 heavy (non-hydrogen) atoms. The molecule has 0 saturated heterocycles. The molecule has 8 heteroatoms. The van der Waals surface area contributed by atoms with Gasteiger partial charge in [0.25, 0.3) is 5.56 Å². The van der Waals surface area contributed by atoms with Crippen molar-refractivity contribution in [3.05, 3.63) is 117 Å². The summed E-state index contributed by atoms with van der Waals surface area (Å²) < 4.78 is 7.78. The number of carbonyl (C=O) groups excluding carboxylic acids is 1. The Morgan fingerprint density at radius 2 is 1.50 bits per heavy atom. The molecule has 5 aromatic rings. The highest BCUT2D eigenvalue weighted by molar-refractivity contribution is 5.96. The molecule has 0 fully saturated rings. The number of nitrogens with zero attached hydrogens (tertiary/aromatic N) is 4. The van der Waals surface area contributed by atoms with Gasteiger partial charge in [0.1, 0.15) is 0 Å². The molecule has 0 aliphatic carbocycles. The van der Waals surface area contributed by atoms with Crippen LogP contribution in [0, 0.1) is 0 Å². The van der Waals surface area contributed by atoms with E-state index < -0.39 is 11.2 Å². The third-order valence-corrected chi connectivity index (χ3v) is 5.58. The van der Waals surface area contributed by atoms with E-state index >= 15 is 0 Å². The maximum absolute atomic E-state index is 13.3. The lowest BCUT2D eigenvalue weighted by molar-refractivity contribution is 0.0971. The Morgan fingerprint density at radius 1 is 0.824 bits per heavy atom. The van der Waals surface area contributed by atoms with Crippen LogP contribution < -0.4 is 11.2 Å². The highest BCUT2D eigenvalue weighted by Gasteiger charge is 2.17. The lowest BCUT2D eigenvalue weighted by atomic mass is 10.1. The number of rotatable bonds is 7. The third-order valence-electron chi connectivity index (χ3n) is 5.58. The number of aromatic nitrogens is 4. The highest BCUT2D eigenvalue weighted by Crippen LogP contribution is 2.15. The van der Waals surface area contributed by atoms with Crippen molar-refractivity contribution in [2.24, 2.45) is 0 Å². The smallest absolute Gasteiger partial charge is 0.331 e. The second-order valence-corrected chi connectivity index (χ2v) is 7.76. The maximum Gasteiger partial charge on any atom is 0.331 e. The Bertz CT molecular complexity index is 1580. The standard InChI is InChI=1S/C26H20N4O4/c31-22(18-9-3-1-4-10-18)17-30-21-14-8-7-13-20(21)25(32)29(26(30)33)16-15-23-27-24(28-34-23)19-11-5-2-6-12-19/h1-14H,15-17H2. The minimum Gasteiger partial charge on any atom is -0.339 e. The fraction of sp³-hybridized carbons (Fsp3) is 0.115. The van der Waals surface area contributed by atoms with Gasteiger partial charge in [0.2, 0.25) is 11.7 Å². The summed E-state index contributed by atoms with van der Waals surface area (Å²) in [6, 6.07) is 24.9. The monoisotopic (exact) mass is 452 g/mol. The zero-order valence-corrected chi connectivity index (χ0v) is 18.1. The zero-order valence-electron chi connectivity index (χ0n) is 18.1. The molecule has 0 amide bonds. The number of para-hydroxylation sites is 1. The Hall–Kier alpha value is -4.59. The third kappa shape index (κ3) is 4.09. The molecule has 0 N–H and O–H groups in total. The summed E-state index contributed by atoms with van der Waals surface area (Å²) >= 11 is 0. The van der Waals surface area contributed by atoms with Gasteiger partial charge < -0.3 is 4.52 Å². The van der Waals surface area contributed by atoms with Crippen LogP contribution in [0.1, 0.15) is 16.2 Å². The van der Waals surface area contributed by atoms with Crippen molar-refractivity contribution in [3.63, 3.8) is 0 Å². The predicted octanol–water partition coefficient (Wildman–Crippen LogP) is 3.34. The van der Waals surface area contributed by atoms with Crippen LogP contribution in [0.2, 0.25) is 0 Å². The Labute approximate surface area is 193 Å². The van der Waals surface area contributed by atoms with Crippen LogP contribution in [0.15, 0.2) is 99.0 Å². The molecular weight excluding hydrogens is 432 g/mol. The van der Waals surface area contributed by atoms with E-state index in [2.05, 4.69) is 10.1 Å². The van der Waals surface area contributed by atoms with E-state index in [0.29, 0.717) is 28.2 Å². The van der Waals surface area contributed by atoms with Gasteiger partial charge in [-0.25, -0.2) is 4.79 Å². The molecule has 8 nitrogen and oxygen atoms in total. The van der Waals surface area contributed by atoms with Crippen LogP contribution in [0.4, 0.5) is 0 Å². The van der Waals surface area contributed by atoms with Crippen molar-refractivity contribution < 1.29 is 9.32 Å². The van der Waals surface area contributed by atoms with Crippen LogP contribution in [0.5, 0.6) is 0 Å². The fourth-order valence-electron chi connectivity index (χ4n) is 3.85. The summed E-state index contributed by atoms with van der Waals surface area (Å²) in [5, 5.41) is 4.34. The number of hydrogen-bond donors (Lipinski definition) is 0. The van der Waals surface area contributed by atoms with E-state index in [1.54, 1.807) is 48.5 Å². The molecule has 0 aliphatic rings. The summed E-state index contributed by atoms with van der Waals surface area (Å²) in [7, 11) is 0. The van der Waals surface area contributed by atoms with Gasteiger partial charge in [-0.15, -0.1) is 0 Å². The lowest BCUT2D eigenvalue weighted by Gasteiger charge is -2.13. The molecule has 0 aliphatic heterocycles. The van der Waals surface area contributed by atoms with Crippen molar-refractivity contribution in [1.29, 1.82) is 0 Å².